The smallest absolute Gasteiger partial charge is 0.468 e. The van der Waals surface area contributed by atoms with Crippen LogP contribution < -0.4 is 9.64 Å². The molecular formula is C23H16F3NO4S. The van der Waals surface area contributed by atoms with E-state index >= 15 is 0 Å². The van der Waals surface area contributed by atoms with Crippen LogP contribution in [0.2, 0.25) is 0 Å². The SMILES string of the molecule is Cc1ccc(C2=C(SCc3ccco3)C(=O)N(c3cccc(OC(F)(F)F)c3)C2=O)cc1. The molecule has 0 unspecified atom stereocenters. The number of hydrogen-bond acceptors (Lipinski definition) is 5. The molecule has 0 bridgehead atoms. The molecule has 0 saturated carbocycles. The predicted molar refractivity (Wildman–Crippen MR) is 114 cm³/mol. The second kappa shape index (κ2) is 8.58. The summed E-state index contributed by atoms with van der Waals surface area (Å²) in [6.45, 7) is 1.89. The van der Waals surface area contributed by atoms with Gasteiger partial charge in [0.05, 0.1) is 28.2 Å². The Labute approximate surface area is 185 Å². The number of nitrogens with zero attached hydrogens (tertiary/aromatic N) is 1. The van der Waals surface area contributed by atoms with E-state index in [1.54, 1.807) is 24.3 Å². The number of carbonyl (C=O) groups excluding carboxylic acids is 2. The Bertz CT molecular complexity index is 1180. The number of anilines is 1. The van der Waals surface area contributed by atoms with Gasteiger partial charge in [-0.15, -0.1) is 24.9 Å². The van der Waals surface area contributed by atoms with Gasteiger partial charge in [-0.2, -0.15) is 0 Å². The Morgan fingerprint density at radius 2 is 1.75 bits per heavy atom. The third-order valence-electron chi connectivity index (χ3n) is 4.63. The zero-order chi connectivity index (χ0) is 22.9. The van der Waals surface area contributed by atoms with Crippen LogP contribution in [-0.2, 0) is 15.3 Å². The molecule has 164 valence electrons. The number of amides is 2. The Balaban J connectivity index is 1.71. The van der Waals surface area contributed by atoms with E-state index in [4.69, 9.17) is 4.42 Å². The van der Waals surface area contributed by atoms with Crippen LogP contribution in [0.25, 0.3) is 5.57 Å². The molecule has 0 atom stereocenters. The number of rotatable bonds is 6. The third-order valence-corrected chi connectivity index (χ3v) is 5.73. The minimum absolute atomic E-state index is 0.0139. The fourth-order valence-corrected chi connectivity index (χ4v) is 4.23. The van der Waals surface area contributed by atoms with Crippen LogP contribution >= 0.6 is 11.8 Å². The summed E-state index contributed by atoms with van der Waals surface area (Å²) in [5, 5.41) is 0. The Morgan fingerprint density at radius 1 is 1.00 bits per heavy atom. The highest BCUT2D eigenvalue weighted by Crippen LogP contribution is 2.40. The van der Waals surface area contributed by atoms with Crippen molar-refractivity contribution in [1.82, 2.24) is 0 Å². The van der Waals surface area contributed by atoms with Crippen molar-refractivity contribution >= 4 is 34.8 Å². The average molecular weight is 459 g/mol. The largest absolute Gasteiger partial charge is 0.573 e. The van der Waals surface area contributed by atoms with Crippen molar-refractivity contribution in [3.63, 3.8) is 0 Å². The number of halogens is 3. The quantitative estimate of drug-likeness (QED) is 0.443. The number of thioether (sulfide) groups is 1. The first kappa shape index (κ1) is 21.8. The van der Waals surface area contributed by atoms with Crippen LogP contribution in [-0.4, -0.2) is 18.2 Å². The lowest BCUT2D eigenvalue weighted by Crippen LogP contribution is -2.31. The summed E-state index contributed by atoms with van der Waals surface area (Å²) < 4.78 is 47.1. The van der Waals surface area contributed by atoms with E-state index in [9.17, 15) is 22.8 Å². The molecule has 0 fully saturated rings. The van der Waals surface area contributed by atoms with Crippen LogP contribution in [0.3, 0.4) is 0 Å². The highest BCUT2D eigenvalue weighted by molar-refractivity contribution is 8.03. The van der Waals surface area contributed by atoms with Crippen molar-refractivity contribution in [2.24, 2.45) is 0 Å². The van der Waals surface area contributed by atoms with Crippen molar-refractivity contribution < 1.29 is 31.9 Å². The monoisotopic (exact) mass is 459 g/mol. The molecule has 0 radical (unpaired) electrons. The molecule has 1 aliphatic heterocycles. The molecule has 2 heterocycles. The van der Waals surface area contributed by atoms with Crippen LogP contribution in [0, 0.1) is 6.92 Å². The molecule has 0 spiro atoms. The summed E-state index contributed by atoms with van der Waals surface area (Å²) in [6.07, 6.45) is -3.39. The summed E-state index contributed by atoms with van der Waals surface area (Å²) in [5.74, 6) is -0.840. The number of aryl methyl sites for hydroxylation is 1. The lowest BCUT2D eigenvalue weighted by atomic mass is 10.0. The number of ether oxygens (including phenoxy) is 1. The van der Waals surface area contributed by atoms with E-state index in [0.29, 0.717) is 17.1 Å². The maximum atomic E-state index is 13.3. The lowest BCUT2D eigenvalue weighted by Gasteiger charge is -2.17. The zero-order valence-corrected chi connectivity index (χ0v) is 17.5. The number of benzene rings is 2. The molecular weight excluding hydrogens is 443 g/mol. The molecule has 0 aliphatic carbocycles. The van der Waals surface area contributed by atoms with Crippen LogP contribution in [0.1, 0.15) is 16.9 Å². The highest BCUT2D eigenvalue weighted by Gasteiger charge is 2.40. The van der Waals surface area contributed by atoms with Crippen LogP contribution in [0.4, 0.5) is 18.9 Å². The summed E-state index contributed by atoms with van der Waals surface area (Å²) in [5.41, 5.74) is 1.69. The molecule has 1 aromatic heterocycles. The fourth-order valence-electron chi connectivity index (χ4n) is 3.21. The standard InChI is InChI=1S/C23H16F3NO4S/c1-14-7-9-15(10-8-14)19-20(32-13-18-6-3-11-30-18)22(29)27(21(19)28)16-4-2-5-17(12-16)31-23(24,25)26/h2-12H,13H2,1H3. The maximum absolute atomic E-state index is 13.3. The van der Waals surface area contributed by atoms with Gasteiger partial charge in [-0.05, 0) is 36.8 Å². The molecule has 3 aromatic rings. The first-order valence-corrected chi connectivity index (χ1v) is 10.4. The van der Waals surface area contributed by atoms with E-state index in [1.165, 1.54) is 18.4 Å². The predicted octanol–water partition coefficient (Wildman–Crippen LogP) is 5.70. The number of furan rings is 1. The van der Waals surface area contributed by atoms with Crippen molar-refractivity contribution in [3.8, 4) is 5.75 Å². The normalized spacial score (nSPS) is 14.4. The molecule has 4 rings (SSSR count). The molecule has 2 aromatic carbocycles. The van der Waals surface area contributed by atoms with E-state index < -0.39 is 23.9 Å². The minimum atomic E-state index is -4.90. The summed E-state index contributed by atoms with van der Waals surface area (Å²) in [7, 11) is 0. The molecule has 5 nitrogen and oxygen atoms in total. The van der Waals surface area contributed by atoms with Crippen molar-refractivity contribution in [2.75, 3.05) is 4.90 Å². The molecule has 0 saturated heterocycles. The molecule has 2 amide bonds. The Hall–Kier alpha value is -3.46. The van der Waals surface area contributed by atoms with E-state index in [-0.39, 0.29) is 16.2 Å². The van der Waals surface area contributed by atoms with Crippen LogP contribution in [0.15, 0.2) is 76.2 Å². The number of imide groups is 1. The lowest BCUT2D eigenvalue weighted by molar-refractivity contribution is -0.274. The minimum Gasteiger partial charge on any atom is -0.468 e. The fraction of sp³-hybridized carbons (Fsp3) is 0.130. The van der Waals surface area contributed by atoms with Gasteiger partial charge < -0.3 is 9.15 Å². The van der Waals surface area contributed by atoms with Crippen molar-refractivity contribution in [2.45, 2.75) is 19.0 Å². The maximum Gasteiger partial charge on any atom is 0.573 e. The van der Waals surface area contributed by atoms with Gasteiger partial charge in [-0.25, -0.2) is 4.90 Å². The summed E-state index contributed by atoms with van der Waals surface area (Å²) >= 11 is 1.14. The van der Waals surface area contributed by atoms with Crippen LogP contribution in [0.5, 0.6) is 5.75 Å². The number of carbonyl (C=O) groups is 2. The molecule has 1 aliphatic rings. The average Bonchev–Trinajstić information content (AvgIpc) is 3.32. The van der Waals surface area contributed by atoms with Gasteiger partial charge in [-0.3, -0.25) is 9.59 Å². The van der Waals surface area contributed by atoms with Gasteiger partial charge in [0.2, 0.25) is 0 Å². The van der Waals surface area contributed by atoms with E-state index in [2.05, 4.69) is 4.74 Å². The molecule has 9 heteroatoms. The third kappa shape index (κ3) is 4.57. The first-order chi connectivity index (χ1) is 15.2. The molecule has 0 N–H and O–H groups in total. The Kier molecular flexibility index (Phi) is 5.84. The van der Waals surface area contributed by atoms with Crippen molar-refractivity contribution in [1.29, 1.82) is 0 Å². The van der Waals surface area contributed by atoms with Gasteiger partial charge in [0.25, 0.3) is 11.8 Å². The summed E-state index contributed by atoms with van der Waals surface area (Å²) in [6, 6.07) is 15.3. The van der Waals surface area contributed by atoms with Gasteiger partial charge >= 0.3 is 6.36 Å². The van der Waals surface area contributed by atoms with Gasteiger partial charge in [-0.1, -0.05) is 35.9 Å². The van der Waals surface area contributed by atoms with Crippen molar-refractivity contribution in [3.05, 3.63) is 88.7 Å². The van der Waals surface area contributed by atoms with E-state index in [1.807, 2.05) is 19.1 Å². The highest BCUT2D eigenvalue weighted by atomic mass is 32.2. The number of hydrogen-bond donors (Lipinski definition) is 0. The summed E-state index contributed by atoms with van der Waals surface area (Å²) in [4.78, 5) is 27.6. The Morgan fingerprint density at radius 3 is 2.41 bits per heavy atom. The molecule has 32 heavy (non-hydrogen) atoms. The number of alkyl halides is 3. The first-order valence-electron chi connectivity index (χ1n) is 9.44. The van der Waals surface area contributed by atoms with E-state index in [0.717, 1.165) is 34.4 Å². The van der Waals surface area contributed by atoms with Gasteiger partial charge in [0.15, 0.2) is 0 Å². The van der Waals surface area contributed by atoms with Gasteiger partial charge in [0.1, 0.15) is 11.5 Å². The zero-order valence-electron chi connectivity index (χ0n) is 16.7. The van der Waals surface area contributed by atoms with Gasteiger partial charge in [0, 0.05) is 6.07 Å². The second-order valence-corrected chi connectivity index (χ2v) is 7.91. The topological polar surface area (TPSA) is 59.8 Å². The second-order valence-electron chi connectivity index (χ2n) is 6.93.